The third kappa shape index (κ3) is 4.38. The van der Waals surface area contributed by atoms with Crippen LogP contribution in [0.1, 0.15) is 30.4 Å². The van der Waals surface area contributed by atoms with Crippen LogP contribution < -0.4 is 5.32 Å². The van der Waals surface area contributed by atoms with E-state index < -0.39 is 28.8 Å². The Balaban J connectivity index is 3.07. The fraction of sp³-hybridized carbons (Fsp3) is 0.417. The Labute approximate surface area is 112 Å². The highest BCUT2D eigenvalue weighted by atomic mass is 35.5. The quantitative estimate of drug-likeness (QED) is 0.670. The van der Waals surface area contributed by atoms with Gasteiger partial charge in [-0.25, -0.2) is 4.39 Å². The largest absolute Gasteiger partial charge is 0.416 e. The Morgan fingerprint density at radius 2 is 1.84 bits per heavy atom. The van der Waals surface area contributed by atoms with Gasteiger partial charge in [-0.05, 0) is 37.6 Å². The first-order chi connectivity index (χ1) is 8.61. The van der Waals surface area contributed by atoms with Crippen LogP contribution in [-0.2, 0) is 11.0 Å². The second kappa shape index (κ2) is 5.77. The summed E-state index contributed by atoms with van der Waals surface area (Å²) in [4.78, 5) is 11.6. The van der Waals surface area contributed by atoms with Gasteiger partial charge < -0.3 is 5.32 Å². The standard InChI is InChI=1S/C12H12ClF4NO/c1-6(2)18-11(19)10(13)7-3-8(12(15,16)17)5-9(14)4-7/h3-6,10H,1-2H3,(H,18,19). The number of rotatable bonds is 3. The highest BCUT2D eigenvalue weighted by Crippen LogP contribution is 2.33. The van der Waals surface area contributed by atoms with Crippen molar-refractivity contribution in [3.05, 3.63) is 35.1 Å². The molecule has 7 heteroatoms. The number of carbonyl (C=O) groups excluding carboxylic acids is 1. The Bertz CT molecular complexity index is 473. The summed E-state index contributed by atoms with van der Waals surface area (Å²) in [5, 5.41) is 1.07. The first-order valence-corrected chi connectivity index (χ1v) is 5.87. The molecule has 0 radical (unpaired) electrons. The highest BCUT2D eigenvalue weighted by molar-refractivity contribution is 6.30. The van der Waals surface area contributed by atoms with E-state index >= 15 is 0 Å². The van der Waals surface area contributed by atoms with Crippen LogP contribution >= 0.6 is 11.6 Å². The molecule has 1 rings (SSSR count). The van der Waals surface area contributed by atoms with Crippen molar-refractivity contribution >= 4 is 17.5 Å². The van der Waals surface area contributed by atoms with Gasteiger partial charge in [-0.1, -0.05) is 0 Å². The van der Waals surface area contributed by atoms with Gasteiger partial charge in [0.2, 0.25) is 5.91 Å². The molecule has 0 saturated heterocycles. The second-order valence-corrected chi connectivity index (χ2v) is 4.73. The van der Waals surface area contributed by atoms with Crippen molar-refractivity contribution in [2.24, 2.45) is 0 Å². The van der Waals surface area contributed by atoms with E-state index in [9.17, 15) is 22.4 Å². The van der Waals surface area contributed by atoms with Crippen LogP contribution in [0.2, 0.25) is 0 Å². The summed E-state index contributed by atoms with van der Waals surface area (Å²) in [5.74, 6) is -1.76. The molecule has 0 aliphatic heterocycles. The molecular weight excluding hydrogens is 286 g/mol. The molecule has 1 N–H and O–H groups in total. The van der Waals surface area contributed by atoms with Crippen LogP contribution in [0.25, 0.3) is 0 Å². The lowest BCUT2D eigenvalue weighted by atomic mass is 10.1. The molecule has 1 atom stereocenters. The molecule has 19 heavy (non-hydrogen) atoms. The Kier molecular flexibility index (Phi) is 4.79. The van der Waals surface area contributed by atoms with E-state index in [4.69, 9.17) is 11.6 Å². The van der Waals surface area contributed by atoms with E-state index in [1.54, 1.807) is 13.8 Å². The van der Waals surface area contributed by atoms with E-state index in [1.165, 1.54) is 0 Å². The van der Waals surface area contributed by atoms with Crippen molar-refractivity contribution in [2.75, 3.05) is 0 Å². The van der Waals surface area contributed by atoms with Gasteiger partial charge in [0.1, 0.15) is 11.2 Å². The lowest BCUT2D eigenvalue weighted by Crippen LogP contribution is -2.32. The first-order valence-electron chi connectivity index (χ1n) is 5.43. The molecule has 0 heterocycles. The van der Waals surface area contributed by atoms with Crippen LogP contribution in [0, 0.1) is 5.82 Å². The predicted molar refractivity (Wildman–Crippen MR) is 63.3 cm³/mol. The molecule has 0 spiro atoms. The first kappa shape index (κ1) is 15.8. The van der Waals surface area contributed by atoms with Crippen LogP contribution in [-0.4, -0.2) is 11.9 Å². The fourth-order valence-electron chi connectivity index (χ4n) is 1.43. The number of halogens is 5. The fourth-order valence-corrected chi connectivity index (χ4v) is 1.62. The summed E-state index contributed by atoms with van der Waals surface area (Å²) in [5.41, 5.74) is -1.40. The van der Waals surface area contributed by atoms with Crippen LogP contribution in [0.3, 0.4) is 0 Å². The maximum Gasteiger partial charge on any atom is 0.416 e. The SMILES string of the molecule is CC(C)NC(=O)C(Cl)c1cc(F)cc(C(F)(F)F)c1. The molecule has 0 aliphatic rings. The van der Waals surface area contributed by atoms with E-state index in [-0.39, 0.29) is 11.6 Å². The Hall–Kier alpha value is -1.30. The minimum absolute atomic E-state index is 0.218. The van der Waals surface area contributed by atoms with Gasteiger partial charge in [-0.3, -0.25) is 4.79 Å². The monoisotopic (exact) mass is 297 g/mol. The molecule has 106 valence electrons. The third-order valence-electron chi connectivity index (χ3n) is 2.20. The number of carbonyl (C=O) groups is 1. The highest BCUT2D eigenvalue weighted by Gasteiger charge is 2.32. The summed E-state index contributed by atoms with van der Waals surface area (Å²) in [6.45, 7) is 3.35. The zero-order chi connectivity index (χ0) is 14.8. The lowest BCUT2D eigenvalue weighted by molar-refractivity contribution is -0.138. The van der Waals surface area contributed by atoms with Crippen LogP contribution in [0.4, 0.5) is 17.6 Å². The molecular formula is C12H12ClF4NO. The molecule has 1 aromatic rings. The number of nitrogens with one attached hydrogen (secondary N) is 1. The number of amides is 1. The summed E-state index contributed by atoms with van der Waals surface area (Å²) in [6, 6.07) is 1.62. The van der Waals surface area contributed by atoms with Crippen molar-refractivity contribution < 1.29 is 22.4 Å². The van der Waals surface area contributed by atoms with Gasteiger partial charge >= 0.3 is 6.18 Å². The summed E-state index contributed by atoms with van der Waals surface area (Å²) in [7, 11) is 0. The molecule has 0 bridgehead atoms. The van der Waals surface area contributed by atoms with Crippen molar-refractivity contribution in [3.8, 4) is 0 Å². The van der Waals surface area contributed by atoms with Gasteiger partial charge in [-0.15, -0.1) is 11.6 Å². The average Bonchev–Trinajstić information content (AvgIpc) is 2.25. The topological polar surface area (TPSA) is 29.1 Å². The van der Waals surface area contributed by atoms with Gasteiger partial charge in [0.05, 0.1) is 5.56 Å². The number of hydrogen-bond donors (Lipinski definition) is 1. The summed E-state index contributed by atoms with van der Waals surface area (Å²) < 4.78 is 50.7. The molecule has 2 nitrogen and oxygen atoms in total. The molecule has 1 unspecified atom stereocenters. The minimum Gasteiger partial charge on any atom is -0.352 e. The number of alkyl halides is 4. The van der Waals surface area contributed by atoms with Gasteiger partial charge in [-0.2, -0.15) is 13.2 Å². The normalized spacial score (nSPS) is 13.5. The molecule has 1 amide bonds. The van der Waals surface area contributed by atoms with E-state index in [0.29, 0.717) is 12.1 Å². The summed E-state index contributed by atoms with van der Waals surface area (Å²) in [6.07, 6.45) is -4.69. The van der Waals surface area contributed by atoms with Gasteiger partial charge in [0, 0.05) is 6.04 Å². The van der Waals surface area contributed by atoms with E-state index in [0.717, 1.165) is 6.07 Å². The Morgan fingerprint density at radius 1 is 1.26 bits per heavy atom. The van der Waals surface area contributed by atoms with Crippen molar-refractivity contribution in [1.29, 1.82) is 0 Å². The average molecular weight is 298 g/mol. The third-order valence-corrected chi connectivity index (χ3v) is 2.65. The van der Waals surface area contributed by atoms with Crippen molar-refractivity contribution in [1.82, 2.24) is 5.32 Å². The van der Waals surface area contributed by atoms with E-state index in [2.05, 4.69) is 5.32 Å². The number of hydrogen-bond acceptors (Lipinski definition) is 1. The number of benzene rings is 1. The molecule has 0 aliphatic carbocycles. The maximum atomic E-state index is 13.2. The Morgan fingerprint density at radius 3 is 2.32 bits per heavy atom. The van der Waals surface area contributed by atoms with Crippen LogP contribution in [0.5, 0.6) is 0 Å². The summed E-state index contributed by atoms with van der Waals surface area (Å²) >= 11 is 5.75. The lowest BCUT2D eigenvalue weighted by Gasteiger charge is -2.15. The molecule has 1 aromatic carbocycles. The van der Waals surface area contributed by atoms with Crippen LogP contribution in [0.15, 0.2) is 18.2 Å². The van der Waals surface area contributed by atoms with E-state index in [1.807, 2.05) is 0 Å². The second-order valence-electron chi connectivity index (χ2n) is 4.30. The van der Waals surface area contributed by atoms with Crippen molar-refractivity contribution in [3.63, 3.8) is 0 Å². The zero-order valence-electron chi connectivity index (χ0n) is 10.2. The molecule has 0 fully saturated rings. The smallest absolute Gasteiger partial charge is 0.352 e. The maximum absolute atomic E-state index is 13.2. The minimum atomic E-state index is -4.69. The zero-order valence-corrected chi connectivity index (χ0v) is 10.9. The van der Waals surface area contributed by atoms with Gasteiger partial charge in [0.25, 0.3) is 0 Å². The predicted octanol–water partition coefficient (Wildman–Crippen LogP) is 3.65. The van der Waals surface area contributed by atoms with Crippen molar-refractivity contribution in [2.45, 2.75) is 31.4 Å². The van der Waals surface area contributed by atoms with Gasteiger partial charge in [0.15, 0.2) is 0 Å². The molecule has 0 saturated carbocycles. The molecule has 0 aromatic heterocycles.